The quantitative estimate of drug-likeness (QED) is 0.475. The minimum atomic E-state index is 0.174. The average Bonchev–Trinajstić information content (AvgIpc) is 2.57. The number of nitrogens with two attached hydrogens (primary N) is 1. The lowest BCUT2D eigenvalue weighted by Crippen LogP contribution is -2.50. The van der Waals surface area contributed by atoms with Gasteiger partial charge in [0.1, 0.15) is 0 Å². The van der Waals surface area contributed by atoms with Crippen LogP contribution in [0.25, 0.3) is 0 Å². The molecule has 3 N–H and O–H groups in total. The second kappa shape index (κ2) is 8.84. The first kappa shape index (κ1) is 17.7. The molecule has 0 saturated carbocycles. The van der Waals surface area contributed by atoms with Crippen molar-refractivity contribution in [3.63, 3.8) is 0 Å². The van der Waals surface area contributed by atoms with Crippen LogP contribution in [0.5, 0.6) is 0 Å². The number of thiocarbonyl (C=S) groups is 1. The zero-order chi connectivity index (χ0) is 16.7. The smallest absolute Gasteiger partial charge is 0.184 e. The van der Waals surface area contributed by atoms with E-state index in [-0.39, 0.29) is 5.11 Å². The summed E-state index contributed by atoms with van der Waals surface area (Å²) in [6, 6.07) is 9.15. The Balaban J connectivity index is 1.89. The van der Waals surface area contributed by atoms with E-state index in [0.29, 0.717) is 0 Å². The summed E-state index contributed by atoms with van der Waals surface area (Å²) in [4.78, 5) is 5.08. The van der Waals surface area contributed by atoms with E-state index in [1.54, 1.807) is 6.21 Å². The highest BCUT2D eigenvalue weighted by Gasteiger charge is 2.21. The normalized spacial score (nSPS) is 16.2. The predicted molar refractivity (Wildman–Crippen MR) is 102 cm³/mol. The summed E-state index contributed by atoms with van der Waals surface area (Å²) in [6.45, 7) is 9.04. The summed E-state index contributed by atoms with van der Waals surface area (Å²) in [5.74, 6) is 0. The summed E-state index contributed by atoms with van der Waals surface area (Å²) in [7, 11) is 0. The van der Waals surface area contributed by atoms with E-state index in [9.17, 15) is 0 Å². The molecule has 1 saturated heterocycles. The zero-order valence-corrected chi connectivity index (χ0v) is 14.9. The van der Waals surface area contributed by atoms with Gasteiger partial charge in [0.2, 0.25) is 0 Å². The number of hydrogen-bond acceptors (Lipinski definition) is 4. The Hall–Kier alpha value is -1.66. The Morgan fingerprint density at radius 2 is 1.83 bits per heavy atom. The summed E-state index contributed by atoms with van der Waals surface area (Å²) < 4.78 is 0. The van der Waals surface area contributed by atoms with Gasteiger partial charge in [-0.2, -0.15) is 5.10 Å². The van der Waals surface area contributed by atoms with Crippen LogP contribution in [0.2, 0.25) is 0 Å². The summed E-state index contributed by atoms with van der Waals surface area (Å²) in [5, 5.41) is 4.14. The van der Waals surface area contributed by atoms with E-state index < -0.39 is 0 Å². The van der Waals surface area contributed by atoms with Crippen molar-refractivity contribution >= 4 is 29.2 Å². The molecule has 1 aromatic rings. The molecule has 0 amide bonds. The number of nitrogens with one attached hydrogen (secondary N) is 1. The first-order valence-electron chi connectivity index (χ1n) is 8.31. The second-order valence-electron chi connectivity index (χ2n) is 5.82. The Kier molecular flexibility index (Phi) is 6.80. The van der Waals surface area contributed by atoms with E-state index in [1.807, 2.05) is 0 Å². The molecule has 0 bridgehead atoms. The van der Waals surface area contributed by atoms with Gasteiger partial charge in [0.05, 0.1) is 6.21 Å². The van der Waals surface area contributed by atoms with Crippen LogP contribution in [0, 0.1) is 0 Å². The molecule has 1 heterocycles. The second-order valence-corrected chi connectivity index (χ2v) is 6.26. The fourth-order valence-electron chi connectivity index (χ4n) is 3.09. The Labute approximate surface area is 144 Å². The molecule has 1 fully saturated rings. The number of hydrazone groups is 1. The highest BCUT2D eigenvalue weighted by Crippen LogP contribution is 2.19. The fourth-order valence-corrected chi connectivity index (χ4v) is 3.14. The SMILES string of the molecule is CCC(CC)N1CCN(c2ccc(C=NNC(N)=S)cc2)CC1. The minimum Gasteiger partial charge on any atom is -0.375 e. The standard InChI is InChI=1S/C17H27N5S/c1-3-15(4-2)21-9-11-22(12-10-21)16-7-5-14(6-8-16)13-19-20-17(18)23/h5-8,13,15H,3-4,9-12H2,1-2H3,(H3,18,20,23). The lowest BCUT2D eigenvalue weighted by Gasteiger charge is -2.39. The first-order chi connectivity index (χ1) is 11.1. The Morgan fingerprint density at radius 1 is 1.22 bits per heavy atom. The van der Waals surface area contributed by atoms with Crippen LogP contribution in [-0.2, 0) is 0 Å². The van der Waals surface area contributed by atoms with Crippen molar-refractivity contribution < 1.29 is 0 Å². The molecule has 5 nitrogen and oxygen atoms in total. The van der Waals surface area contributed by atoms with Crippen LogP contribution in [0.3, 0.4) is 0 Å². The van der Waals surface area contributed by atoms with E-state index in [0.717, 1.165) is 37.8 Å². The van der Waals surface area contributed by atoms with Gasteiger partial charge in [-0.05, 0) is 42.8 Å². The summed E-state index contributed by atoms with van der Waals surface area (Å²) >= 11 is 4.70. The van der Waals surface area contributed by atoms with Gasteiger partial charge in [-0.25, -0.2) is 0 Å². The lowest BCUT2D eigenvalue weighted by molar-refractivity contribution is 0.175. The van der Waals surface area contributed by atoms with Gasteiger partial charge in [-0.1, -0.05) is 26.0 Å². The van der Waals surface area contributed by atoms with Crippen LogP contribution in [0.1, 0.15) is 32.3 Å². The number of nitrogens with zero attached hydrogens (tertiary/aromatic N) is 3. The molecule has 23 heavy (non-hydrogen) atoms. The van der Waals surface area contributed by atoms with Crippen molar-refractivity contribution in [1.82, 2.24) is 10.3 Å². The largest absolute Gasteiger partial charge is 0.375 e. The van der Waals surface area contributed by atoms with Gasteiger partial charge < -0.3 is 10.6 Å². The van der Waals surface area contributed by atoms with Crippen molar-refractivity contribution in [3.8, 4) is 0 Å². The molecule has 126 valence electrons. The van der Waals surface area contributed by atoms with Crippen LogP contribution < -0.4 is 16.1 Å². The van der Waals surface area contributed by atoms with Gasteiger partial charge in [-0.3, -0.25) is 10.3 Å². The van der Waals surface area contributed by atoms with Crippen LogP contribution in [0.4, 0.5) is 5.69 Å². The predicted octanol–water partition coefficient (Wildman–Crippen LogP) is 2.16. The molecule has 1 aliphatic rings. The highest BCUT2D eigenvalue weighted by atomic mass is 32.1. The van der Waals surface area contributed by atoms with Gasteiger partial charge >= 0.3 is 0 Å². The maximum Gasteiger partial charge on any atom is 0.184 e. The Morgan fingerprint density at radius 3 is 2.35 bits per heavy atom. The summed E-state index contributed by atoms with van der Waals surface area (Å²) in [6.07, 6.45) is 4.20. The molecule has 0 atom stereocenters. The van der Waals surface area contributed by atoms with Crippen molar-refractivity contribution in [2.75, 3.05) is 31.1 Å². The third-order valence-electron chi connectivity index (χ3n) is 4.42. The van der Waals surface area contributed by atoms with E-state index in [2.05, 4.69) is 58.4 Å². The molecule has 0 aromatic heterocycles. The molecule has 2 rings (SSSR count). The van der Waals surface area contributed by atoms with Crippen LogP contribution in [-0.4, -0.2) is 48.4 Å². The maximum atomic E-state index is 5.33. The van der Waals surface area contributed by atoms with Gasteiger partial charge in [0.25, 0.3) is 0 Å². The van der Waals surface area contributed by atoms with Gasteiger partial charge in [0.15, 0.2) is 5.11 Å². The molecule has 1 aromatic carbocycles. The van der Waals surface area contributed by atoms with E-state index in [1.165, 1.54) is 18.5 Å². The van der Waals surface area contributed by atoms with E-state index >= 15 is 0 Å². The monoisotopic (exact) mass is 333 g/mol. The fraction of sp³-hybridized carbons (Fsp3) is 0.529. The minimum absolute atomic E-state index is 0.174. The number of rotatable bonds is 6. The first-order valence-corrected chi connectivity index (χ1v) is 8.72. The lowest BCUT2D eigenvalue weighted by atomic mass is 10.1. The maximum absolute atomic E-state index is 5.33. The van der Waals surface area contributed by atoms with Crippen molar-refractivity contribution in [1.29, 1.82) is 0 Å². The molecule has 0 radical (unpaired) electrons. The third kappa shape index (κ3) is 5.18. The van der Waals surface area contributed by atoms with Crippen LogP contribution in [0.15, 0.2) is 29.4 Å². The van der Waals surface area contributed by atoms with Gasteiger partial charge in [0, 0.05) is 37.9 Å². The Bertz CT molecular complexity index is 516. The number of anilines is 1. The molecule has 0 spiro atoms. The molecule has 6 heteroatoms. The molecular formula is C17H27N5S. The van der Waals surface area contributed by atoms with Gasteiger partial charge in [-0.15, -0.1) is 0 Å². The third-order valence-corrected chi connectivity index (χ3v) is 4.51. The molecular weight excluding hydrogens is 306 g/mol. The number of benzene rings is 1. The van der Waals surface area contributed by atoms with Crippen molar-refractivity contribution in [2.24, 2.45) is 10.8 Å². The topological polar surface area (TPSA) is 56.9 Å². The van der Waals surface area contributed by atoms with E-state index in [4.69, 9.17) is 18.0 Å². The van der Waals surface area contributed by atoms with Crippen molar-refractivity contribution in [2.45, 2.75) is 32.7 Å². The zero-order valence-electron chi connectivity index (χ0n) is 14.0. The van der Waals surface area contributed by atoms with Crippen molar-refractivity contribution in [3.05, 3.63) is 29.8 Å². The molecule has 0 aliphatic carbocycles. The summed E-state index contributed by atoms with van der Waals surface area (Å²) in [5.41, 5.74) is 10.2. The van der Waals surface area contributed by atoms with Crippen LogP contribution >= 0.6 is 12.2 Å². The molecule has 1 aliphatic heterocycles. The molecule has 0 unspecified atom stereocenters. The average molecular weight is 334 g/mol. The number of piperazine rings is 1. The highest BCUT2D eigenvalue weighted by molar-refractivity contribution is 7.80. The number of hydrogen-bond donors (Lipinski definition) is 2.